The third-order valence-electron chi connectivity index (χ3n) is 4.12. The van der Waals surface area contributed by atoms with Crippen LogP contribution in [-0.2, 0) is 23.8 Å². The summed E-state index contributed by atoms with van der Waals surface area (Å²) < 4.78 is 161. The standard InChI is InChI=1S/C18H20F10O5S/c1-12-6-8-13(9-7-12)34(29,30)32-11-5-3-2-4-10-31-15(20,21)14(19)33-18(27,28)16(22,23)17(24,25)26/h6-9,14H,2-5,10-11H2,1H3. The van der Waals surface area contributed by atoms with Gasteiger partial charge in [-0.1, -0.05) is 30.5 Å². The smallest absolute Gasteiger partial charge is 0.316 e. The number of alkyl halides is 10. The van der Waals surface area contributed by atoms with Crippen molar-refractivity contribution < 1.29 is 66.0 Å². The first-order valence-electron chi connectivity index (χ1n) is 9.45. The molecule has 0 aliphatic heterocycles. The van der Waals surface area contributed by atoms with E-state index in [0.717, 1.165) is 5.56 Å². The summed E-state index contributed by atoms with van der Waals surface area (Å²) in [6.45, 7) is 0.496. The topological polar surface area (TPSA) is 61.8 Å². The second kappa shape index (κ2) is 11.4. The third kappa shape index (κ3) is 8.23. The highest BCUT2D eigenvalue weighted by molar-refractivity contribution is 7.86. The van der Waals surface area contributed by atoms with Crippen LogP contribution in [0.1, 0.15) is 31.2 Å². The highest BCUT2D eigenvalue weighted by atomic mass is 32.2. The molecule has 0 amide bonds. The van der Waals surface area contributed by atoms with Gasteiger partial charge in [-0.25, -0.2) is 4.39 Å². The Morgan fingerprint density at radius 1 is 0.824 bits per heavy atom. The van der Waals surface area contributed by atoms with Crippen LogP contribution in [0, 0.1) is 6.92 Å². The van der Waals surface area contributed by atoms with Crippen LogP contribution < -0.4 is 0 Å². The summed E-state index contributed by atoms with van der Waals surface area (Å²) in [5.74, 6) is -6.94. The van der Waals surface area contributed by atoms with Crippen LogP contribution in [0.3, 0.4) is 0 Å². The monoisotopic (exact) mass is 538 g/mol. The molecular weight excluding hydrogens is 518 g/mol. The van der Waals surface area contributed by atoms with Gasteiger partial charge in [0.25, 0.3) is 16.5 Å². The Hall–Kier alpha value is -1.65. The zero-order valence-electron chi connectivity index (χ0n) is 17.4. The van der Waals surface area contributed by atoms with E-state index in [9.17, 15) is 52.3 Å². The van der Waals surface area contributed by atoms with Crippen molar-refractivity contribution in [1.29, 1.82) is 0 Å². The van der Waals surface area contributed by atoms with Crippen molar-refractivity contribution in [2.45, 2.75) is 68.2 Å². The average molecular weight is 538 g/mol. The fraction of sp³-hybridized carbons (Fsp3) is 0.667. The maximum atomic E-state index is 13.3. The molecule has 1 aromatic carbocycles. The SMILES string of the molecule is Cc1ccc(S(=O)(=O)OCCCCCCOC(F)(F)C(F)OC(F)(F)C(F)(F)C(F)(F)F)cc1. The molecule has 0 radical (unpaired) electrons. The summed E-state index contributed by atoms with van der Waals surface area (Å²) in [5.41, 5.74) is 0.824. The number of ether oxygens (including phenoxy) is 2. The molecule has 5 nitrogen and oxygen atoms in total. The number of hydrogen-bond donors (Lipinski definition) is 0. The lowest BCUT2D eigenvalue weighted by Gasteiger charge is -2.30. The van der Waals surface area contributed by atoms with E-state index in [1.165, 1.54) is 12.1 Å². The molecule has 1 rings (SSSR count). The molecule has 34 heavy (non-hydrogen) atoms. The number of hydrogen-bond acceptors (Lipinski definition) is 5. The van der Waals surface area contributed by atoms with Gasteiger partial charge in [0.05, 0.1) is 18.1 Å². The van der Waals surface area contributed by atoms with Crippen LogP contribution in [0.15, 0.2) is 29.2 Å². The summed E-state index contributed by atoms with van der Waals surface area (Å²) in [4.78, 5) is -0.0738. The Labute approximate surface area is 188 Å². The summed E-state index contributed by atoms with van der Waals surface area (Å²) in [6, 6.07) is 5.79. The highest BCUT2D eigenvalue weighted by Crippen LogP contribution is 2.48. The molecule has 0 saturated heterocycles. The van der Waals surface area contributed by atoms with E-state index in [2.05, 4.69) is 9.47 Å². The minimum absolute atomic E-state index is 0.0738. The van der Waals surface area contributed by atoms with E-state index < -0.39 is 47.4 Å². The molecule has 0 aromatic heterocycles. The predicted molar refractivity (Wildman–Crippen MR) is 95.6 cm³/mol. The lowest BCUT2D eigenvalue weighted by molar-refractivity contribution is -0.465. The van der Waals surface area contributed by atoms with E-state index in [4.69, 9.17) is 4.18 Å². The Kier molecular flexibility index (Phi) is 10.2. The van der Waals surface area contributed by atoms with Crippen molar-refractivity contribution in [3.63, 3.8) is 0 Å². The van der Waals surface area contributed by atoms with Crippen LogP contribution in [0.5, 0.6) is 0 Å². The van der Waals surface area contributed by atoms with Gasteiger partial charge in [0.15, 0.2) is 0 Å². The quantitative estimate of drug-likeness (QED) is 0.166. The second-order valence-corrected chi connectivity index (χ2v) is 8.55. The van der Waals surface area contributed by atoms with Gasteiger partial charge in [0.1, 0.15) is 0 Å². The van der Waals surface area contributed by atoms with Crippen molar-refractivity contribution in [1.82, 2.24) is 0 Å². The maximum Gasteiger partial charge on any atom is 0.462 e. The first-order chi connectivity index (χ1) is 15.3. The fourth-order valence-electron chi connectivity index (χ4n) is 2.21. The lowest BCUT2D eigenvalue weighted by atomic mass is 10.2. The van der Waals surface area contributed by atoms with E-state index in [1.54, 1.807) is 19.1 Å². The van der Waals surface area contributed by atoms with E-state index >= 15 is 0 Å². The Morgan fingerprint density at radius 3 is 1.82 bits per heavy atom. The van der Waals surface area contributed by atoms with Crippen molar-refractivity contribution in [2.24, 2.45) is 0 Å². The molecule has 0 fully saturated rings. The molecule has 198 valence electrons. The zero-order chi connectivity index (χ0) is 26.4. The minimum Gasteiger partial charge on any atom is -0.316 e. The molecule has 0 spiro atoms. The Morgan fingerprint density at radius 2 is 1.32 bits per heavy atom. The molecule has 0 N–H and O–H groups in total. The highest BCUT2D eigenvalue weighted by Gasteiger charge is 2.76. The van der Waals surface area contributed by atoms with Crippen LogP contribution in [0.25, 0.3) is 0 Å². The number of aryl methyl sites for hydroxylation is 1. The number of halogens is 10. The van der Waals surface area contributed by atoms with Gasteiger partial charge in [-0.2, -0.15) is 47.9 Å². The fourth-order valence-corrected chi connectivity index (χ4v) is 3.15. The summed E-state index contributed by atoms with van der Waals surface area (Å²) in [7, 11) is -4.00. The first-order valence-corrected chi connectivity index (χ1v) is 10.9. The minimum atomic E-state index is -6.94. The van der Waals surface area contributed by atoms with Gasteiger partial charge in [-0.15, -0.1) is 0 Å². The van der Waals surface area contributed by atoms with Crippen molar-refractivity contribution >= 4 is 10.1 Å². The second-order valence-electron chi connectivity index (χ2n) is 6.94. The summed E-state index contributed by atoms with van der Waals surface area (Å²) in [6.07, 6.45) is -23.2. The van der Waals surface area contributed by atoms with Gasteiger partial charge in [0, 0.05) is 0 Å². The van der Waals surface area contributed by atoms with Crippen LogP contribution in [0.2, 0.25) is 0 Å². The van der Waals surface area contributed by atoms with Crippen LogP contribution >= 0.6 is 0 Å². The molecule has 0 bridgehead atoms. The predicted octanol–water partition coefficient (Wildman–Crippen LogP) is 5.97. The molecule has 0 heterocycles. The molecule has 1 unspecified atom stereocenters. The van der Waals surface area contributed by atoms with E-state index in [1.807, 2.05) is 0 Å². The van der Waals surface area contributed by atoms with Gasteiger partial charge >= 0.3 is 24.3 Å². The van der Waals surface area contributed by atoms with Gasteiger partial charge in [-0.3, -0.25) is 8.92 Å². The number of rotatable bonds is 14. The van der Waals surface area contributed by atoms with Crippen molar-refractivity contribution in [2.75, 3.05) is 13.2 Å². The molecule has 16 heteroatoms. The molecule has 0 saturated carbocycles. The Balaban J connectivity index is 2.36. The molecule has 0 aliphatic carbocycles. The van der Waals surface area contributed by atoms with Crippen molar-refractivity contribution in [3.8, 4) is 0 Å². The lowest BCUT2D eigenvalue weighted by Crippen LogP contribution is -2.56. The van der Waals surface area contributed by atoms with E-state index in [0.29, 0.717) is 0 Å². The Bertz CT molecular complexity index is 872. The molecule has 1 aromatic rings. The van der Waals surface area contributed by atoms with Gasteiger partial charge in [0.2, 0.25) is 0 Å². The molecule has 1 atom stereocenters. The average Bonchev–Trinajstić information content (AvgIpc) is 2.68. The van der Waals surface area contributed by atoms with E-state index in [-0.39, 0.29) is 37.2 Å². The molecular formula is C18H20F10O5S. The number of benzene rings is 1. The largest absolute Gasteiger partial charge is 0.462 e. The van der Waals surface area contributed by atoms with Crippen LogP contribution in [-0.4, -0.2) is 52.3 Å². The maximum absolute atomic E-state index is 13.3. The zero-order valence-corrected chi connectivity index (χ0v) is 18.2. The number of unbranched alkanes of at least 4 members (excludes halogenated alkanes) is 3. The van der Waals surface area contributed by atoms with Crippen molar-refractivity contribution in [3.05, 3.63) is 29.8 Å². The van der Waals surface area contributed by atoms with Crippen LogP contribution in [0.4, 0.5) is 43.9 Å². The summed E-state index contributed by atoms with van der Waals surface area (Å²) >= 11 is 0. The van der Waals surface area contributed by atoms with Gasteiger partial charge in [-0.05, 0) is 31.9 Å². The van der Waals surface area contributed by atoms with Gasteiger partial charge < -0.3 is 4.74 Å². The first kappa shape index (κ1) is 30.4. The third-order valence-corrected chi connectivity index (χ3v) is 5.45. The summed E-state index contributed by atoms with van der Waals surface area (Å²) in [5, 5.41) is 0. The molecule has 0 aliphatic rings. The normalized spacial score (nSPS) is 14.9.